The van der Waals surface area contributed by atoms with E-state index in [9.17, 15) is 9.59 Å². The monoisotopic (exact) mass is 280 g/mol. The second-order valence-electron chi connectivity index (χ2n) is 4.36. The van der Waals surface area contributed by atoms with Gasteiger partial charge < -0.3 is 19.0 Å². The van der Waals surface area contributed by atoms with Crippen LogP contribution in [0.3, 0.4) is 0 Å². The van der Waals surface area contributed by atoms with Crippen LogP contribution in [0.25, 0.3) is 0 Å². The summed E-state index contributed by atoms with van der Waals surface area (Å²) in [4.78, 5) is 22.7. The molecule has 0 saturated heterocycles. The first kappa shape index (κ1) is 16.0. The van der Waals surface area contributed by atoms with Gasteiger partial charge in [0.15, 0.2) is 0 Å². The first-order valence-corrected chi connectivity index (χ1v) is 6.47. The van der Waals surface area contributed by atoms with E-state index in [0.29, 0.717) is 36.5 Å². The van der Waals surface area contributed by atoms with Crippen molar-refractivity contribution in [3.8, 4) is 11.5 Å². The molecule has 0 spiro atoms. The van der Waals surface area contributed by atoms with E-state index < -0.39 is 5.97 Å². The predicted molar refractivity (Wildman–Crippen MR) is 74.4 cm³/mol. The van der Waals surface area contributed by atoms with Crippen LogP contribution in [-0.2, 0) is 9.53 Å². The van der Waals surface area contributed by atoms with Gasteiger partial charge in [-0.25, -0.2) is 4.79 Å². The molecular weight excluding hydrogens is 260 g/mol. The molecule has 0 saturated carbocycles. The van der Waals surface area contributed by atoms with Gasteiger partial charge >= 0.3 is 5.97 Å². The Morgan fingerprint density at radius 3 is 2.45 bits per heavy atom. The predicted octanol–water partition coefficient (Wildman–Crippen LogP) is 2.62. The largest absolute Gasteiger partial charge is 0.497 e. The van der Waals surface area contributed by atoms with Crippen molar-refractivity contribution in [2.24, 2.45) is 0 Å². The van der Waals surface area contributed by atoms with Crippen LogP contribution in [0.1, 0.15) is 36.5 Å². The van der Waals surface area contributed by atoms with Crippen LogP contribution in [0.5, 0.6) is 11.5 Å². The van der Waals surface area contributed by atoms with Gasteiger partial charge in [-0.05, 0) is 31.9 Å². The number of hydrogen-bond donors (Lipinski definition) is 0. The molecule has 0 radical (unpaired) electrons. The van der Waals surface area contributed by atoms with E-state index in [1.165, 1.54) is 7.11 Å². The molecule has 5 heteroatoms. The highest BCUT2D eigenvalue weighted by Gasteiger charge is 2.14. The third kappa shape index (κ3) is 4.91. The summed E-state index contributed by atoms with van der Waals surface area (Å²) >= 11 is 0. The van der Waals surface area contributed by atoms with Crippen molar-refractivity contribution >= 4 is 11.8 Å². The Morgan fingerprint density at radius 1 is 1.10 bits per heavy atom. The lowest BCUT2D eigenvalue weighted by Gasteiger charge is -2.10. The summed E-state index contributed by atoms with van der Waals surface area (Å²) in [6.07, 6.45) is 1.91. The average Bonchev–Trinajstić information content (AvgIpc) is 2.45. The number of carbonyl (C=O) groups is 2. The molecule has 0 heterocycles. The third-order valence-corrected chi connectivity index (χ3v) is 2.78. The molecule has 1 aromatic carbocycles. The molecule has 1 aromatic rings. The molecule has 0 unspecified atom stereocenters. The standard InChI is InChI=1S/C15H20O5/c1-11(16)6-4-5-9-20-15(17)13-8-7-12(18-2)10-14(13)19-3/h7-8,10H,4-6,9H2,1-3H3. The Labute approximate surface area is 118 Å². The van der Waals surface area contributed by atoms with E-state index in [0.717, 1.165) is 6.42 Å². The maximum atomic E-state index is 11.9. The lowest BCUT2D eigenvalue weighted by molar-refractivity contribution is -0.117. The van der Waals surface area contributed by atoms with Crippen LogP contribution in [0.4, 0.5) is 0 Å². The molecule has 0 aliphatic heterocycles. The molecule has 5 nitrogen and oxygen atoms in total. The maximum Gasteiger partial charge on any atom is 0.341 e. The molecule has 1 rings (SSSR count). The van der Waals surface area contributed by atoms with Gasteiger partial charge in [0, 0.05) is 12.5 Å². The van der Waals surface area contributed by atoms with E-state index in [-0.39, 0.29) is 5.78 Å². The number of Topliss-reactive ketones (excluding diaryl/α,β-unsaturated/α-hetero) is 1. The summed E-state index contributed by atoms with van der Waals surface area (Å²) in [5, 5.41) is 0. The first-order valence-electron chi connectivity index (χ1n) is 6.47. The summed E-state index contributed by atoms with van der Waals surface area (Å²) in [6, 6.07) is 4.91. The smallest absolute Gasteiger partial charge is 0.341 e. The Morgan fingerprint density at radius 2 is 1.85 bits per heavy atom. The Bertz CT molecular complexity index is 467. The second kappa shape index (κ2) is 8.19. The van der Waals surface area contributed by atoms with E-state index in [4.69, 9.17) is 14.2 Å². The van der Waals surface area contributed by atoms with Crippen molar-refractivity contribution in [1.82, 2.24) is 0 Å². The Balaban J connectivity index is 2.52. The summed E-state index contributed by atoms with van der Waals surface area (Å²) in [5.41, 5.74) is 0.361. The lowest BCUT2D eigenvalue weighted by atomic mass is 10.2. The van der Waals surface area contributed by atoms with E-state index in [2.05, 4.69) is 0 Å². The average molecular weight is 280 g/mol. The van der Waals surface area contributed by atoms with Crippen molar-refractivity contribution in [3.63, 3.8) is 0 Å². The normalized spacial score (nSPS) is 9.95. The van der Waals surface area contributed by atoms with Gasteiger partial charge in [-0.2, -0.15) is 0 Å². The van der Waals surface area contributed by atoms with Crippen LogP contribution < -0.4 is 9.47 Å². The number of carbonyl (C=O) groups excluding carboxylic acids is 2. The molecule has 20 heavy (non-hydrogen) atoms. The Hall–Kier alpha value is -2.04. The van der Waals surface area contributed by atoms with Crippen LogP contribution in [-0.4, -0.2) is 32.6 Å². The summed E-state index contributed by atoms with van der Waals surface area (Å²) in [6.45, 7) is 1.84. The fraction of sp³-hybridized carbons (Fsp3) is 0.467. The van der Waals surface area contributed by atoms with E-state index >= 15 is 0 Å². The molecule has 0 atom stereocenters. The molecule has 0 N–H and O–H groups in total. The molecule has 0 amide bonds. The minimum Gasteiger partial charge on any atom is -0.497 e. The van der Waals surface area contributed by atoms with Gasteiger partial charge in [0.2, 0.25) is 0 Å². The molecule has 0 aliphatic carbocycles. The van der Waals surface area contributed by atoms with Crippen molar-refractivity contribution < 1.29 is 23.8 Å². The van der Waals surface area contributed by atoms with Gasteiger partial charge in [-0.3, -0.25) is 0 Å². The maximum absolute atomic E-state index is 11.9. The van der Waals surface area contributed by atoms with Crippen LogP contribution in [0.15, 0.2) is 18.2 Å². The highest BCUT2D eigenvalue weighted by atomic mass is 16.5. The molecule has 110 valence electrons. The zero-order valence-electron chi connectivity index (χ0n) is 12.1. The number of methoxy groups -OCH3 is 2. The minimum atomic E-state index is -0.438. The number of esters is 1. The van der Waals surface area contributed by atoms with Gasteiger partial charge in [0.1, 0.15) is 22.8 Å². The fourth-order valence-corrected chi connectivity index (χ4v) is 1.69. The number of ketones is 1. The zero-order valence-corrected chi connectivity index (χ0v) is 12.1. The molecular formula is C15H20O5. The van der Waals surface area contributed by atoms with Gasteiger partial charge in [0.05, 0.1) is 20.8 Å². The van der Waals surface area contributed by atoms with Crippen molar-refractivity contribution in [2.75, 3.05) is 20.8 Å². The zero-order chi connectivity index (χ0) is 15.0. The number of hydrogen-bond acceptors (Lipinski definition) is 5. The highest BCUT2D eigenvalue weighted by molar-refractivity contribution is 5.92. The minimum absolute atomic E-state index is 0.146. The van der Waals surface area contributed by atoms with E-state index in [1.54, 1.807) is 32.2 Å². The summed E-state index contributed by atoms with van der Waals surface area (Å²) in [7, 11) is 3.03. The quantitative estimate of drug-likeness (QED) is 0.541. The van der Waals surface area contributed by atoms with Crippen LogP contribution in [0.2, 0.25) is 0 Å². The van der Waals surface area contributed by atoms with E-state index in [1.807, 2.05) is 0 Å². The van der Waals surface area contributed by atoms with Crippen LogP contribution >= 0.6 is 0 Å². The fourth-order valence-electron chi connectivity index (χ4n) is 1.69. The lowest BCUT2D eigenvalue weighted by Crippen LogP contribution is -2.08. The highest BCUT2D eigenvalue weighted by Crippen LogP contribution is 2.25. The SMILES string of the molecule is COc1ccc(C(=O)OCCCCC(C)=O)c(OC)c1. The number of benzene rings is 1. The van der Waals surface area contributed by atoms with Crippen molar-refractivity contribution in [3.05, 3.63) is 23.8 Å². The number of ether oxygens (including phenoxy) is 3. The summed E-state index contributed by atoms with van der Waals surface area (Å²) in [5.74, 6) is 0.735. The van der Waals surface area contributed by atoms with Gasteiger partial charge in [-0.15, -0.1) is 0 Å². The van der Waals surface area contributed by atoms with Crippen molar-refractivity contribution in [2.45, 2.75) is 26.2 Å². The first-order chi connectivity index (χ1) is 9.58. The summed E-state index contributed by atoms with van der Waals surface area (Å²) < 4.78 is 15.4. The van der Waals surface area contributed by atoms with Crippen LogP contribution in [0, 0.1) is 0 Å². The second-order valence-corrected chi connectivity index (χ2v) is 4.36. The molecule has 0 aliphatic rings. The third-order valence-electron chi connectivity index (χ3n) is 2.78. The Kier molecular flexibility index (Phi) is 6.56. The van der Waals surface area contributed by atoms with Gasteiger partial charge in [-0.1, -0.05) is 0 Å². The molecule has 0 aromatic heterocycles. The number of unbranched alkanes of at least 4 members (excludes halogenated alkanes) is 1. The topological polar surface area (TPSA) is 61.8 Å². The van der Waals surface area contributed by atoms with Gasteiger partial charge in [0.25, 0.3) is 0 Å². The molecule has 0 bridgehead atoms. The molecule has 0 fully saturated rings. The van der Waals surface area contributed by atoms with Crippen molar-refractivity contribution in [1.29, 1.82) is 0 Å². The number of rotatable bonds is 8.